The van der Waals surface area contributed by atoms with Gasteiger partial charge in [-0.2, -0.15) is 0 Å². The van der Waals surface area contributed by atoms with Crippen molar-refractivity contribution in [2.24, 2.45) is 5.73 Å². The first-order valence-electron chi connectivity index (χ1n) is 6.41. The number of nitrogens with two attached hydrogens (primary N) is 1. The molecule has 0 spiro atoms. The summed E-state index contributed by atoms with van der Waals surface area (Å²) in [4.78, 5) is 0. The van der Waals surface area contributed by atoms with E-state index in [1.807, 2.05) is 26.0 Å². The first kappa shape index (κ1) is 15.0. The molecule has 2 nitrogen and oxygen atoms in total. The second kappa shape index (κ2) is 6.37. The molecule has 0 aromatic heterocycles. The second-order valence-electron chi connectivity index (χ2n) is 4.73. The van der Waals surface area contributed by atoms with Crippen LogP contribution in [0.2, 0.25) is 0 Å². The van der Waals surface area contributed by atoms with Gasteiger partial charge in [-0.1, -0.05) is 34.1 Å². The Kier molecular flexibility index (Phi) is 4.78. The van der Waals surface area contributed by atoms with E-state index in [9.17, 15) is 4.39 Å². The van der Waals surface area contributed by atoms with Gasteiger partial charge in [-0.15, -0.1) is 0 Å². The summed E-state index contributed by atoms with van der Waals surface area (Å²) in [5, 5.41) is 0. The maximum Gasteiger partial charge on any atom is 0.139 e. The lowest BCUT2D eigenvalue weighted by Gasteiger charge is -2.19. The van der Waals surface area contributed by atoms with Crippen LogP contribution in [0.3, 0.4) is 0 Å². The highest BCUT2D eigenvalue weighted by atomic mass is 79.9. The minimum absolute atomic E-state index is 0.217. The lowest BCUT2D eigenvalue weighted by Crippen LogP contribution is -2.19. The summed E-state index contributed by atoms with van der Waals surface area (Å²) < 4.78 is 20.7. The molecule has 0 amide bonds. The third-order valence-corrected chi connectivity index (χ3v) is 4.41. The van der Waals surface area contributed by atoms with Crippen LogP contribution in [0.15, 0.2) is 40.9 Å². The summed E-state index contributed by atoms with van der Waals surface area (Å²) in [7, 11) is 0. The van der Waals surface area contributed by atoms with Gasteiger partial charge in [-0.05, 0) is 43.2 Å². The summed E-state index contributed by atoms with van der Waals surface area (Å²) in [5.74, 6) is 0.399. The van der Waals surface area contributed by atoms with Gasteiger partial charge >= 0.3 is 0 Å². The molecule has 0 heterocycles. The Morgan fingerprint density at radius 2 is 1.80 bits per heavy atom. The summed E-state index contributed by atoms with van der Waals surface area (Å²) in [6.07, 6.45) is -0.490. The van der Waals surface area contributed by atoms with Gasteiger partial charge in [0.2, 0.25) is 0 Å². The van der Waals surface area contributed by atoms with Crippen LogP contribution in [0.4, 0.5) is 4.39 Å². The van der Waals surface area contributed by atoms with Crippen LogP contribution in [0.25, 0.3) is 0 Å². The first-order chi connectivity index (χ1) is 9.52. The van der Waals surface area contributed by atoms with E-state index in [1.54, 1.807) is 18.2 Å². The molecule has 4 heteroatoms. The zero-order valence-corrected chi connectivity index (χ0v) is 13.1. The van der Waals surface area contributed by atoms with Gasteiger partial charge in [-0.25, -0.2) is 4.39 Å². The van der Waals surface area contributed by atoms with E-state index in [1.165, 1.54) is 6.07 Å². The predicted octanol–water partition coefficient (Wildman–Crippen LogP) is 4.28. The van der Waals surface area contributed by atoms with Crippen LogP contribution in [-0.2, 0) is 0 Å². The van der Waals surface area contributed by atoms with Crippen LogP contribution in [0.1, 0.15) is 22.8 Å². The molecule has 1 atom stereocenters. The quantitative estimate of drug-likeness (QED) is 0.903. The first-order valence-corrected chi connectivity index (χ1v) is 7.20. The van der Waals surface area contributed by atoms with Crippen molar-refractivity contribution in [1.82, 2.24) is 0 Å². The number of ether oxygens (including phenoxy) is 1. The van der Waals surface area contributed by atoms with E-state index in [2.05, 4.69) is 15.9 Å². The topological polar surface area (TPSA) is 35.2 Å². The fourth-order valence-corrected chi connectivity index (χ4v) is 2.34. The molecular weight excluding hydrogens is 321 g/mol. The van der Waals surface area contributed by atoms with Crippen molar-refractivity contribution in [3.05, 3.63) is 63.4 Å². The fourth-order valence-electron chi connectivity index (χ4n) is 2.11. The second-order valence-corrected chi connectivity index (χ2v) is 5.53. The average molecular weight is 338 g/mol. The Balaban J connectivity index is 2.30. The molecule has 0 aliphatic heterocycles. The van der Waals surface area contributed by atoms with Gasteiger partial charge in [0.1, 0.15) is 17.7 Å². The van der Waals surface area contributed by atoms with Gasteiger partial charge < -0.3 is 10.5 Å². The zero-order chi connectivity index (χ0) is 14.7. The normalized spacial score (nSPS) is 12.2. The molecule has 1 unspecified atom stereocenters. The number of hydrogen-bond acceptors (Lipinski definition) is 2. The Morgan fingerprint density at radius 1 is 1.20 bits per heavy atom. The molecule has 20 heavy (non-hydrogen) atoms. The number of halogens is 2. The molecule has 0 radical (unpaired) electrons. The van der Waals surface area contributed by atoms with Crippen molar-refractivity contribution >= 4 is 15.9 Å². The molecule has 106 valence electrons. The number of hydrogen-bond donors (Lipinski definition) is 1. The van der Waals surface area contributed by atoms with E-state index in [0.717, 1.165) is 15.6 Å². The van der Waals surface area contributed by atoms with Gasteiger partial charge in [0.15, 0.2) is 0 Å². The summed E-state index contributed by atoms with van der Waals surface area (Å²) >= 11 is 3.51. The van der Waals surface area contributed by atoms with E-state index < -0.39 is 6.10 Å². The Hall–Kier alpha value is -1.39. The molecule has 0 fully saturated rings. The molecule has 0 bridgehead atoms. The largest absolute Gasteiger partial charge is 0.484 e. The number of rotatable bonds is 4. The molecular formula is C16H17BrFNO. The maximum absolute atomic E-state index is 13.8. The molecule has 2 aromatic rings. The van der Waals surface area contributed by atoms with Crippen molar-refractivity contribution < 1.29 is 9.13 Å². The van der Waals surface area contributed by atoms with Crippen LogP contribution in [0, 0.1) is 19.7 Å². The monoisotopic (exact) mass is 337 g/mol. The van der Waals surface area contributed by atoms with Crippen molar-refractivity contribution in [2.45, 2.75) is 20.0 Å². The number of benzene rings is 2. The Labute approximate surface area is 126 Å². The maximum atomic E-state index is 13.8. The SMILES string of the molecule is Cc1cc(OC(CN)c2ccccc2F)cc(C)c1Br. The third-order valence-electron chi connectivity index (χ3n) is 3.15. The average Bonchev–Trinajstić information content (AvgIpc) is 2.43. The Bertz CT molecular complexity index is 592. The van der Waals surface area contributed by atoms with Crippen LogP contribution < -0.4 is 10.5 Å². The van der Waals surface area contributed by atoms with E-state index in [4.69, 9.17) is 10.5 Å². The highest BCUT2D eigenvalue weighted by molar-refractivity contribution is 9.10. The summed E-state index contributed by atoms with van der Waals surface area (Å²) in [6, 6.07) is 10.4. The summed E-state index contributed by atoms with van der Waals surface area (Å²) in [5.41, 5.74) is 8.35. The molecule has 2 rings (SSSR count). The molecule has 0 saturated heterocycles. The van der Waals surface area contributed by atoms with E-state index in [0.29, 0.717) is 11.3 Å². The molecule has 0 saturated carbocycles. The zero-order valence-electron chi connectivity index (χ0n) is 11.5. The van der Waals surface area contributed by atoms with Crippen molar-refractivity contribution in [1.29, 1.82) is 0 Å². The third kappa shape index (κ3) is 3.19. The summed E-state index contributed by atoms with van der Waals surface area (Å²) in [6.45, 7) is 4.20. The van der Waals surface area contributed by atoms with Gasteiger partial charge in [-0.3, -0.25) is 0 Å². The molecule has 0 aliphatic rings. The van der Waals surface area contributed by atoms with Gasteiger partial charge in [0, 0.05) is 16.6 Å². The van der Waals surface area contributed by atoms with E-state index in [-0.39, 0.29) is 12.4 Å². The minimum Gasteiger partial charge on any atom is -0.484 e. The fraction of sp³-hybridized carbons (Fsp3) is 0.250. The number of aryl methyl sites for hydroxylation is 2. The van der Waals surface area contributed by atoms with Gasteiger partial charge in [0.05, 0.1) is 0 Å². The molecule has 2 N–H and O–H groups in total. The van der Waals surface area contributed by atoms with Crippen LogP contribution >= 0.6 is 15.9 Å². The lowest BCUT2D eigenvalue weighted by molar-refractivity contribution is 0.208. The molecule has 0 aliphatic carbocycles. The van der Waals surface area contributed by atoms with Crippen molar-refractivity contribution in [3.8, 4) is 5.75 Å². The van der Waals surface area contributed by atoms with Crippen LogP contribution in [-0.4, -0.2) is 6.54 Å². The highest BCUT2D eigenvalue weighted by Gasteiger charge is 2.16. The van der Waals surface area contributed by atoms with Crippen LogP contribution in [0.5, 0.6) is 5.75 Å². The van der Waals surface area contributed by atoms with E-state index >= 15 is 0 Å². The predicted molar refractivity (Wildman–Crippen MR) is 82.4 cm³/mol. The van der Waals surface area contributed by atoms with Gasteiger partial charge in [0.25, 0.3) is 0 Å². The Morgan fingerprint density at radius 3 is 2.35 bits per heavy atom. The molecule has 2 aromatic carbocycles. The lowest BCUT2D eigenvalue weighted by atomic mass is 10.1. The van der Waals surface area contributed by atoms with Crippen molar-refractivity contribution in [2.75, 3.05) is 6.54 Å². The minimum atomic E-state index is -0.490. The van der Waals surface area contributed by atoms with Crippen molar-refractivity contribution in [3.63, 3.8) is 0 Å². The standard InChI is InChI=1S/C16H17BrFNO/c1-10-7-12(8-11(2)16(10)17)20-15(9-19)13-5-3-4-6-14(13)18/h3-8,15H,9,19H2,1-2H3. The highest BCUT2D eigenvalue weighted by Crippen LogP contribution is 2.29. The smallest absolute Gasteiger partial charge is 0.139 e.